The molecule has 3 heterocycles. The lowest BCUT2D eigenvalue weighted by molar-refractivity contribution is 0.231. The third-order valence-electron chi connectivity index (χ3n) is 5.18. The van der Waals surface area contributed by atoms with Crippen molar-refractivity contribution in [3.63, 3.8) is 0 Å². The maximum absolute atomic E-state index is 6.27. The summed E-state index contributed by atoms with van der Waals surface area (Å²) in [6, 6.07) is 14.7. The van der Waals surface area contributed by atoms with Gasteiger partial charge in [-0.1, -0.05) is 36.4 Å². The summed E-state index contributed by atoms with van der Waals surface area (Å²) >= 11 is 0. The number of allylic oxidation sites excluding steroid dienone is 1. The number of fused-ring (bicyclic) bond motifs is 2. The Morgan fingerprint density at radius 2 is 1.96 bits per heavy atom. The molecule has 5 heteroatoms. The van der Waals surface area contributed by atoms with Gasteiger partial charge in [0.15, 0.2) is 0 Å². The van der Waals surface area contributed by atoms with E-state index in [2.05, 4.69) is 50.8 Å². The van der Waals surface area contributed by atoms with Gasteiger partial charge in [0.2, 0.25) is 0 Å². The number of H-pyrrole nitrogens is 1. The van der Waals surface area contributed by atoms with Crippen LogP contribution in [0.25, 0.3) is 17.0 Å². The van der Waals surface area contributed by atoms with Crippen molar-refractivity contribution in [1.82, 2.24) is 20.4 Å². The van der Waals surface area contributed by atoms with Crippen molar-refractivity contribution in [2.75, 3.05) is 26.2 Å². The Labute approximate surface area is 152 Å². The van der Waals surface area contributed by atoms with E-state index in [-0.39, 0.29) is 0 Å². The van der Waals surface area contributed by atoms with Crippen LogP contribution in [-0.2, 0) is 13.0 Å². The molecule has 3 aromatic rings. The zero-order chi connectivity index (χ0) is 17.3. The van der Waals surface area contributed by atoms with Gasteiger partial charge in [-0.2, -0.15) is 5.10 Å². The molecule has 0 bridgehead atoms. The van der Waals surface area contributed by atoms with E-state index in [0.717, 1.165) is 67.3 Å². The number of hydrogen-bond acceptors (Lipinski definition) is 4. The summed E-state index contributed by atoms with van der Waals surface area (Å²) in [5.41, 5.74) is 4.54. The summed E-state index contributed by atoms with van der Waals surface area (Å²) in [5, 5.41) is 12.0. The molecule has 2 N–H and O–H groups in total. The van der Waals surface area contributed by atoms with Gasteiger partial charge in [0.05, 0.1) is 11.2 Å². The number of nitrogens with one attached hydrogen (secondary N) is 2. The number of benzene rings is 2. The summed E-state index contributed by atoms with van der Waals surface area (Å²) in [7, 11) is 0. The number of nitrogens with zero attached hydrogens (tertiary/aromatic N) is 2. The van der Waals surface area contributed by atoms with Gasteiger partial charge in [-0.15, -0.1) is 0 Å². The van der Waals surface area contributed by atoms with Crippen molar-refractivity contribution in [3.8, 4) is 5.75 Å². The molecule has 1 saturated heterocycles. The number of piperazine rings is 1. The fraction of sp³-hybridized carbons (Fsp3) is 0.286. The molecule has 0 aliphatic carbocycles. The van der Waals surface area contributed by atoms with Crippen LogP contribution < -0.4 is 10.1 Å². The van der Waals surface area contributed by atoms with E-state index in [9.17, 15) is 0 Å². The van der Waals surface area contributed by atoms with E-state index in [1.54, 1.807) is 0 Å². The Morgan fingerprint density at radius 3 is 2.88 bits per heavy atom. The Kier molecular flexibility index (Phi) is 3.96. The van der Waals surface area contributed by atoms with Crippen LogP contribution in [0.1, 0.15) is 16.8 Å². The van der Waals surface area contributed by atoms with Gasteiger partial charge in [-0.25, -0.2) is 0 Å². The maximum Gasteiger partial charge on any atom is 0.135 e. The summed E-state index contributed by atoms with van der Waals surface area (Å²) < 4.78 is 6.27. The van der Waals surface area contributed by atoms with Gasteiger partial charge in [0, 0.05) is 61.7 Å². The summed E-state index contributed by atoms with van der Waals surface area (Å²) in [5.74, 6) is 2.02. The second-order valence-electron chi connectivity index (χ2n) is 6.98. The smallest absolute Gasteiger partial charge is 0.135 e. The van der Waals surface area contributed by atoms with E-state index in [1.165, 1.54) is 11.1 Å². The SMILES string of the molecule is C(=C1\Cc2cccc(CN3CCNCC3)c2O1)/c1[nH]nc2ccccc12. The van der Waals surface area contributed by atoms with Crippen LogP contribution in [0.3, 0.4) is 0 Å². The van der Waals surface area contributed by atoms with Crippen molar-refractivity contribution in [2.24, 2.45) is 0 Å². The van der Waals surface area contributed by atoms with E-state index in [1.807, 2.05) is 18.2 Å². The first-order valence-corrected chi connectivity index (χ1v) is 9.22. The molecule has 0 radical (unpaired) electrons. The molecule has 1 aromatic heterocycles. The van der Waals surface area contributed by atoms with Crippen molar-refractivity contribution in [1.29, 1.82) is 0 Å². The molecule has 1 fully saturated rings. The van der Waals surface area contributed by atoms with E-state index >= 15 is 0 Å². The van der Waals surface area contributed by atoms with Gasteiger partial charge in [-0.3, -0.25) is 10.00 Å². The van der Waals surface area contributed by atoms with Crippen molar-refractivity contribution < 1.29 is 4.74 Å². The van der Waals surface area contributed by atoms with Gasteiger partial charge < -0.3 is 10.1 Å². The highest BCUT2D eigenvalue weighted by atomic mass is 16.5. The zero-order valence-electron chi connectivity index (χ0n) is 14.7. The zero-order valence-corrected chi connectivity index (χ0v) is 14.7. The van der Waals surface area contributed by atoms with Crippen LogP contribution in [0.5, 0.6) is 5.75 Å². The van der Waals surface area contributed by atoms with Crippen molar-refractivity contribution in [3.05, 3.63) is 65.0 Å². The minimum atomic E-state index is 0.831. The average molecular weight is 346 g/mol. The molecule has 2 aliphatic rings. The van der Waals surface area contributed by atoms with Crippen LogP contribution in [0.15, 0.2) is 48.2 Å². The molecule has 0 amide bonds. The normalized spacial score (nSPS) is 19.0. The quantitative estimate of drug-likeness (QED) is 0.766. The molecule has 5 nitrogen and oxygen atoms in total. The standard InChI is InChI=1S/C21H22N4O/c1-2-7-19-18(6-1)20(24-23-19)13-17-12-15-4-3-5-16(21(15)26-17)14-25-10-8-22-9-11-25/h1-7,13,22H,8-12,14H2,(H,23,24)/b17-13-. The second kappa shape index (κ2) is 6.59. The van der Waals surface area contributed by atoms with Gasteiger partial charge >= 0.3 is 0 Å². The van der Waals surface area contributed by atoms with Crippen LogP contribution in [-0.4, -0.2) is 41.3 Å². The molecular formula is C21H22N4O. The molecule has 2 aromatic carbocycles. The second-order valence-corrected chi connectivity index (χ2v) is 6.98. The van der Waals surface area contributed by atoms with Crippen LogP contribution >= 0.6 is 0 Å². The summed E-state index contributed by atoms with van der Waals surface area (Å²) in [6.45, 7) is 5.26. The van der Waals surface area contributed by atoms with Gasteiger partial charge in [-0.05, 0) is 6.07 Å². The lowest BCUT2D eigenvalue weighted by Gasteiger charge is -2.27. The third-order valence-corrected chi connectivity index (χ3v) is 5.18. The van der Waals surface area contributed by atoms with E-state index < -0.39 is 0 Å². The van der Waals surface area contributed by atoms with E-state index in [4.69, 9.17) is 4.74 Å². The lowest BCUT2D eigenvalue weighted by atomic mass is 10.1. The van der Waals surface area contributed by atoms with Crippen LogP contribution in [0.2, 0.25) is 0 Å². The Morgan fingerprint density at radius 1 is 1.08 bits per heavy atom. The Bertz CT molecular complexity index is 969. The predicted octanol–water partition coefficient (Wildman–Crippen LogP) is 2.94. The number of aromatic amines is 1. The van der Waals surface area contributed by atoms with Crippen LogP contribution in [0.4, 0.5) is 0 Å². The molecule has 26 heavy (non-hydrogen) atoms. The molecular weight excluding hydrogens is 324 g/mol. The molecule has 0 atom stereocenters. The molecule has 2 aliphatic heterocycles. The highest BCUT2D eigenvalue weighted by molar-refractivity contribution is 5.86. The first-order chi connectivity index (χ1) is 12.9. The highest BCUT2D eigenvalue weighted by Gasteiger charge is 2.22. The topological polar surface area (TPSA) is 53.2 Å². The number of rotatable bonds is 3. The van der Waals surface area contributed by atoms with Crippen molar-refractivity contribution >= 4 is 17.0 Å². The fourth-order valence-electron chi connectivity index (χ4n) is 3.83. The third kappa shape index (κ3) is 2.89. The Hall–Kier alpha value is -2.63. The van der Waals surface area contributed by atoms with Crippen LogP contribution in [0, 0.1) is 0 Å². The Balaban J connectivity index is 1.41. The van der Waals surface area contributed by atoms with Gasteiger partial charge in [0.25, 0.3) is 0 Å². The number of para-hydroxylation sites is 2. The highest BCUT2D eigenvalue weighted by Crippen LogP contribution is 2.36. The van der Waals surface area contributed by atoms with E-state index in [0.29, 0.717) is 0 Å². The largest absolute Gasteiger partial charge is 0.461 e. The van der Waals surface area contributed by atoms with Gasteiger partial charge in [0.1, 0.15) is 11.5 Å². The summed E-state index contributed by atoms with van der Waals surface area (Å²) in [6.07, 6.45) is 2.92. The fourth-order valence-corrected chi connectivity index (χ4v) is 3.83. The number of hydrogen-bond donors (Lipinski definition) is 2. The molecule has 0 unspecified atom stereocenters. The lowest BCUT2D eigenvalue weighted by Crippen LogP contribution is -2.42. The minimum absolute atomic E-state index is 0.831. The number of ether oxygens (including phenoxy) is 1. The molecule has 0 spiro atoms. The molecule has 5 rings (SSSR count). The predicted molar refractivity (Wildman–Crippen MR) is 103 cm³/mol. The molecule has 132 valence electrons. The monoisotopic (exact) mass is 346 g/mol. The first kappa shape index (κ1) is 15.6. The number of aromatic nitrogens is 2. The maximum atomic E-state index is 6.27. The summed E-state index contributed by atoms with van der Waals surface area (Å²) in [4.78, 5) is 2.49. The minimum Gasteiger partial charge on any atom is -0.461 e. The first-order valence-electron chi connectivity index (χ1n) is 9.22. The average Bonchev–Trinajstić information content (AvgIpc) is 3.28. The molecule has 0 saturated carbocycles. The van der Waals surface area contributed by atoms with Crippen molar-refractivity contribution in [2.45, 2.75) is 13.0 Å².